The lowest BCUT2D eigenvalue weighted by atomic mass is 10.2. The van der Waals surface area contributed by atoms with E-state index in [1.807, 2.05) is 26.0 Å². The molecule has 0 N–H and O–H groups in total. The summed E-state index contributed by atoms with van der Waals surface area (Å²) in [5, 5.41) is 0. The van der Waals surface area contributed by atoms with Crippen molar-refractivity contribution in [1.82, 2.24) is 9.55 Å². The molecule has 3 rings (SSSR count). The number of nitrogens with zero attached hydrogens (tertiary/aromatic N) is 2. The summed E-state index contributed by atoms with van der Waals surface area (Å²) < 4.78 is 2.30. The SMILES string of the molecule is CC.CC(C)n1c(-c2ccccc2)nc2ccccc21. The van der Waals surface area contributed by atoms with E-state index in [0.717, 1.165) is 11.3 Å². The van der Waals surface area contributed by atoms with Crippen LogP contribution in [0.2, 0.25) is 0 Å². The number of hydrogen-bond donors (Lipinski definition) is 0. The Morgan fingerprint density at radius 2 is 1.45 bits per heavy atom. The summed E-state index contributed by atoms with van der Waals surface area (Å²) in [5.74, 6) is 1.05. The monoisotopic (exact) mass is 266 g/mol. The molecule has 20 heavy (non-hydrogen) atoms. The van der Waals surface area contributed by atoms with Gasteiger partial charge in [-0.1, -0.05) is 56.3 Å². The van der Waals surface area contributed by atoms with E-state index >= 15 is 0 Å². The zero-order valence-electron chi connectivity index (χ0n) is 12.7. The molecule has 2 nitrogen and oxygen atoms in total. The topological polar surface area (TPSA) is 17.8 Å². The summed E-state index contributed by atoms with van der Waals surface area (Å²) in [6.07, 6.45) is 0. The predicted octanol–water partition coefficient (Wildman–Crippen LogP) is 5.31. The van der Waals surface area contributed by atoms with Crippen molar-refractivity contribution >= 4 is 11.0 Å². The molecule has 0 unspecified atom stereocenters. The van der Waals surface area contributed by atoms with E-state index in [4.69, 9.17) is 4.98 Å². The highest BCUT2D eigenvalue weighted by Gasteiger charge is 2.13. The van der Waals surface area contributed by atoms with Gasteiger partial charge in [-0.3, -0.25) is 0 Å². The fourth-order valence-corrected chi connectivity index (χ4v) is 2.36. The van der Waals surface area contributed by atoms with Gasteiger partial charge in [0.2, 0.25) is 0 Å². The number of hydrogen-bond acceptors (Lipinski definition) is 1. The third-order valence-electron chi connectivity index (χ3n) is 3.14. The number of imidazole rings is 1. The van der Waals surface area contributed by atoms with Crippen molar-refractivity contribution in [1.29, 1.82) is 0 Å². The first-order valence-electron chi connectivity index (χ1n) is 7.30. The molecule has 0 saturated carbocycles. The third kappa shape index (κ3) is 2.60. The second kappa shape index (κ2) is 6.38. The Morgan fingerprint density at radius 3 is 2.10 bits per heavy atom. The zero-order chi connectivity index (χ0) is 14.5. The molecule has 0 fully saturated rings. The molecule has 104 valence electrons. The number of aromatic nitrogens is 2. The Labute approximate surface area is 121 Å². The molecule has 0 aliphatic carbocycles. The molecule has 0 radical (unpaired) electrons. The van der Waals surface area contributed by atoms with Gasteiger partial charge >= 0.3 is 0 Å². The van der Waals surface area contributed by atoms with E-state index in [-0.39, 0.29) is 0 Å². The van der Waals surface area contributed by atoms with Crippen molar-refractivity contribution in [3.63, 3.8) is 0 Å². The van der Waals surface area contributed by atoms with Gasteiger partial charge in [0, 0.05) is 11.6 Å². The minimum absolute atomic E-state index is 0.396. The summed E-state index contributed by atoms with van der Waals surface area (Å²) in [5.41, 5.74) is 3.43. The van der Waals surface area contributed by atoms with Crippen LogP contribution in [0.3, 0.4) is 0 Å². The lowest BCUT2D eigenvalue weighted by Gasteiger charge is -2.12. The summed E-state index contributed by atoms with van der Waals surface area (Å²) in [4.78, 5) is 4.77. The maximum absolute atomic E-state index is 4.77. The van der Waals surface area contributed by atoms with Crippen LogP contribution in [-0.4, -0.2) is 9.55 Å². The van der Waals surface area contributed by atoms with E-state index in [0.29, 0.717) is 6.04 Å². The van der Waals surface area contributed by atoms with Gasteiger partial charge in [-0.2, -0.15) is 0 Å². The van der Waals surface area contributed by atoms with E-state index in [9.17, 15) is 0 Å². The zero-order valence-corrected chi connectivity index (χ0v) is 12.7. The first-order chi connectivity index (χ1) is 9.77. The summed E-state index contributed by atoms with van der Waals surface area (Å²) in [7, 11) is 0. The number of para-hydroxylation sites is 2. The van der Waals surface area contributed by atoms with Gasteiger partial charge in [-0.15, -0.1) is 0 Å². The molecule has 1 aromatic heterocycles. The van der Waals surface area contributed by atoms with Crippen LogP contribution in [0.5, 0.6) is 0 Å². The van der Waals surface area contributed by atoms with Gasteiger partial charge in [0.15, 0.2) is 0 Å². The van der Waals surface area contributed by atoms with Crippen molar-refractivity contribution in [2.75, 3.05) is 0 Å². The Balaban J connectivity index is 0.000000704. The van der Waals surface area contributed by atoms with Crippen molar-refractivity contribution in [2.24, 2.45) is 0 Å². The number of benzene rings is 2. The molecule has 0 bridgehead atoms. The van der Waals surface area contributed by atoms with Gasteiger partial charge in [0.05, 0.1) is 11.0 Å². The van der Waals surface area contributed by atoms with Crippen LogP contribution in [-0.2, 0) is 0 Å². The quantitative estimate of drug-likeness (QED) is 0.614. The lowest BCUT2D eigenvalue weighted by Crippen LogP contribution is -2.02. The van der Waals surface area contributed by atoms with Gasteiger partial charge in [-0.25, -0.2) is 4.98 Å². The normalized spacial score (nSPS) is 10.4. The maximum Gasteiger partial charge on any atom is 0.141 e. The van der Waals surface area contributed by atoms with Crippen LogP contribution in [0.1, 0.15) is 33.7 Å². The molecular weight excluding hydrogens is 244 g/mol. The molecular formula is C18H22N2. The van der Waals surface area contributed by atoms with E-state index in [2.05, 4.69) is 60.9 Å². The molecule has 0 saturated heterocycles. The van der Waals surface area contributed by atoms with Gasteiger partial charge in [0.1, 0.15) is 5.82 Å². The second-order valence-electron chi connectivity index (χ2n) is 4.75. The Hall–Kier alpha value is -2.09. The van der Waals surface area contributed by atoms with Crippen molar-refractivity contribution in [3.05, 3.63) is 54.6 Å². The van der Waals surface area contributed by atoms with Gasteiger partial charge < -0.3 is 4.57 Å². The van der Waals surface area contributed by atoms with Crippen LogP contribution >= 0.6 is 0 Å². The molecule has 0 aliphatic heterocycles. The molecule has 2 aromatic carbocycles. The summed E-state index contributed by atoms with van der Waals surface area (Å²) >= 11 is 0. The Morgan fingerprint density at radius 1 is 0.850 bits per heavy atom. The second-order valence-corrected chi connectivity index (χ2v) is 4.75. The van der Waals surface area contributed by atoms with Crippen LogP contribution < -0.4 is 0 Å². The average Bonchev–Trinajstić information content (AvgIpc) is 2.90. The number of fused-ring (bicyclic) bond motifs is 1. The largest absolute Gasteiger partial charge is 0.321 e. The summed E-state index contributed by atoms with van der Waals surface area (Å²) in [6, 6.07) is 19.1. The van der Waals surface area contributed by atoms with Crippen molar-refractivity contribution in [3.8, 4) is 11.4 Å². The Kier molecular flexibility index (Phi) is 4.57. The van der Waals surface area contributed by atoms with Crippen LogP contribution in [0.25, 0.3) is 22.4 Å². The first-order valence-corrected chi connectivity index (χ1v) is 7.30. The minimum Gasteiger partial charge on any atom is -0.321 e. The first kappa shape index (κ1) is 14.3. The minimum atomic E-state index is 0.396. The highest BCUT2D eigenvalue weighted by Crippen LogP contribution is 2.27. The lowest BCUT2D eigenvalue weighted by molar-refractivity contribution is 0.624. The standard InChI is InChI=1S/C16H16N2.C2H6/c1-12(2)18-15-11-7-6-10-14(15)17-16(18)13-8-4-3-5-9-13;1-2/h3-12H,1-2H3;1-2H3. The predicted molar refractivity (Wildman–Crippen MR) is 86.9 cm³/mol. The smallest absolute Gasteiger partial charge is 0.141 e. The fourth-order valence-electron chi connectivity index (χ4n) is 2.36. The van der Waals surface area contributed by atoms with Gasteiger partial charge in [0.25, 0.3) is 0 Å². The molecule has 0 amide bonds. The maximum atomic E-state index is 4.77. The van der Waals surface area contributed by atoms with Crippen LogP contribution in [0.15, 0.2) is 54.6 Å². The fraction of sp³-hybridized carbons (Fsp3) is 0.278. The molecule has 3 aromatic rings. The molecule has 0 aliphatic rings. The van der Waals surface area contributed by atoms with E-state index in [1.165, 1.54) is 11.1 Å². The molecule has 1 heterocycles. The molecule has 2 heteroatoms. The van der Waals surface area contributed by atoms with Crippen molar-refractivity contribution in [2.45, 2.75) is 33.7 Å². The molecule has 0 spiro atoms. The van der Waals surface area contributed by atoms with Crippen LogP contribution in [0, 0.1) is 0 Å². The average molecular weight is 266 g/mol. The van der Waals surface area contributed by atoms with Gasteiger partial charge in [-0.05, 0) is 26.0 Å². The third-order valence-corrected chi connectivity index (χ3v) is 3.14. The molecule has 0 atom stereocenters. The highest BCUT2D eigenvalue weighted by molar-refractivity contribution is 5.80. The Bertz CT molecular complexity index is 666. The number of rotatable bonds is 2. The van der Waals surface area contributed by atoms with E-state index < -0.39 is 0 Å². The van der Waals surface area contributed by atoms with E-state index in [1.54, 1.807) is 0 Å². The highest BCUT2D eigenvalue weighted by atomic mass is 15.1. The summed E-state index contributed by atoms with van der Waals surface area (Å²) in [6.45, 7) is 8.39. The van der Waals surface area contributed by atoms with Crippen LogP contribution in [0.4, 0.5) is 0 Å². The van der Waals surface area contributed by atoms with Crippen molar-refractivity contribution < 1.29 is 0 Å².